The van der Waals surface area contributed by atoms with Crippen molar-refractivity contribution < 1.29 is 8.42 Å². The Morgan fingerprint density at radius 3 is 2.20 bits per heavy atom. The first-order valence-electron chi connectivity index (χ1n) is 5.66. The van der Waals surface area contributed by atoms with E-state index in [9.17, 15) is 8.42 Å². The van der Waals surface area contributed by atoms with Gasteiger partial charge in [-0.3, -0.25) is 0 Å². The Morgan fingerprint density at radius 2 is 1.67 bits per heavy atom. The maximum atomic E-state index is 11.0. The van der Waals surface area contributed by atoms with Crippen molar-refractivity contribution in [2.45, 2.75) is 46.0 Å². The summed E-state index contributed by atoms with van der Waals surface area (Å²) >= 11 is 0. The van der Waals surface area contributed by atoms with E-state index in [4.69, 9.17) is 0 Å². The third kappa shape index (κ3) is 10.2. The highest BCUT2D eigenvalue weighted by molar-refractivity contribution is 7.87. The third-order valence-electron chi connectivity index (χ3n) is 2.27. The molecule has 0 unspecified atom stereocenters. The fourth-order valence-corrected chi connectivity index (χ4v) is 1.87. The molecule has 0 heterocycles. The number of hydrogen-bond donors (Lipinski definition) is 2. The molecule has 0 fully saturated rings. The molecule has 0 aromatic rings. The van der Waals surface area contributed by atoms with E-state index in [0.29, 0.717) is 6.54 Å². The van der Waals surface area contributed by atoms with Gasteiger partial charge in [-0.25, -0.2) is 9.44 Å². The molecule has 0 bridgehead atoms. The van der Waals surface area contributed by atoms with Crippen LogP contribution in [0.2, 0.25) is 0 Å². The number of nitrogens with one attached hydrogen (secondary N) is 2. The topological polar surface area (TPSA) is 58.2 Å². The normalized spacial score (nSPS) is 12.3. The molecule has 0 atom stereocenters. The van der Waals surface area contributed by atoms with Crippen LogP contribution >= 0.6 is 0 Å². The molecular formula is C10H24N2O2S. The molecule has 0 aromatic heterocycles. The lowest BCUT2D eigenvalue weighted by Gasteiger charge is -2.05. The van der Waals surface area contributed by atoms with E-state index in [1.54, 1.807) is 0 Å². The van der Waals surface area contributed by atoms with Crippen LogP contribution in [0.5, 0.6) is 0 Å². The van der Waals surface area contributed by atoms with Crippen molar-refractivity contribution in [1.82, 2.24) is 9.44 Å². The molecule has 0 radical (unpaired) electrons. The van der Waals surface area contributed by atoms with Crippen LogP contribution in [0.1, 0.15) is 46.0 Å². The summed E-state index contributed by atoms with van der Waals surface area (Å²) in [5.74, 6) is 0.771. The molecule has 0 aliphatic rings. The quantitative estimate of drug-likeness (QED) is 0.598. The molecule has 4 nitrogen and oxygen atoms in total. The van der Waals surface area contributed by atoms with Crippen LogP contribution in [0.15, 0.2) is 0 Å². The van der Waals surface area contributed by atoms with Crippen molar-refractivity contribution in [3.05, 3.63) is 0 Å². The zero-order valence-electron chi connectivity index (χ0n) is 10.0. The van der Waals surface area contributed by atoms with Gasteiger partial charge < -0.3 is 0 Å². The van der Waals surface area contributed by atoms with E-state index >= 15 is 0 Å². The zero-order valence-corrected chi connectivity index (χ0v) is 10.9. The number of rotatable bonds is 9. The summed E-state index contributed by atoms with van der Waals surface area (Å²) in [6.07, 6.45) is 5.72. The maximum absolute atomic E-state index is 11.0. The molecule has 0 amide bonds. The maximum Gasteiger partial charge on any atom is 0.276 e. The van der Waals surface area contributed by atoms with Crippen LogP contribution in [-0.2, 0) is 10.2 Å². The molecule has 0 rings (SSSR count). The van der Waals surface area contributed by atoms with Crippen molar-refractivity contribution in [3.8, 4) is 0 Å². The lowest BCUT2D eigenvalue weighted by molar-refractivity contribution is 0.517. The Balaban J connectivity index is 3.26. The van der Waals surface area contributed by atoms with E-state index in [2.05, 4.69) is 23.3 Å². The minimum Gasteiger partial charge on any atom is -0.205 e. The van der Waals surface area contributed by atoms with Crippen molar-refractivity contribution in [2.75, 3.05) is 13.6 Å². The lowest BCUT2D eigenvalue weighted by Crippen LogP contribution is -2.34. The molecule has 2 N–H and O–H groups in total. The standard InChI is InChI=1S/C10H24N2O2S/c1-10(2)8-6-4-5-7-9-12-15(13,14)11-3/h10-12H,4-9H2,1-3H3. The van der Waals surface area contributed by atoms with E-state index in [-0.39, 0.29) is 0 Å². The fourth-order valence-electron chi connectivity index (χ4n) is 1.31. The summed E-state index contributed by atoms with van der Waals surface area (Å²) in [6.45, 7) is 4.98. The van der Waals surface area contributed by atoms with Crippen LogP contribution in [0.3, 0.4) is 0 Å². The minimum absolute atomic E-state index is 0.533. The number of unbranched alkanes of at least 4 members (excludes halogenated alkanes) is 3. The van der Waals surface area contributed by atoms with Crippen molar-refractivity contribution in [1.29, 1.82) is 0 Å². The van der Waals surface area contributed by atoms with E-state index < -0.39 is 10.2 Å². The van der Waals surface area contributed by atoms with Gasteiger partial charge in [-0.1, -0.05) is 39.5 Å². The van der Waals surface area contributed by atoms with Gasteiger partial charge in [-0.15, -0.1) is 0 Å². The summed E-state index contributed by atoms with van der Waals surface area (Å²) in [6, 6.07) is 0. The number of hydrogen-bond acceptors (Lipinski definition) is 2. The summed E-state index contributed by atoms with van der Waals surface area (Å²) in [5.41, 5.74) is 0. The first-order valence-corrected chi connectivity index (χ1v) is 7.14. The van der Waals surface area contributed by atoms with Crippen LogP contribution in [-0.4, -0.2) is 22.0 Å². The fraction of sp³-hybridized carbons (Fsp3) is 1.00. The molecule has 5 heteroatoms. The smallest absolute Gasteiger partial charge is 0.205 e. The van der Waals surface area contributed by atoms with Gasteiger partial charge in [0.25, 0.3) is 10.2 Å². The Kier molecular flexibility index (Phi) is 8.00. The summed E-state index contributed by atoms with van der Waals surface area (Å²) in [5, 5.41) is 0. The molecule has 0 aromatic carbocycles. The lowest BCUT2D eigenvalue weighted by atomic mass is 10.0. The molecule has 0 aliphatic carbocycles. The summed E-state index contributed by atoms with van der Waals surface area (Å²) in [4.78, 5) is 0. The third-order valence-corrected chi connectivity index (χ3v) is 3.39. The van der Waals surface area contributed by atoms with Gasteiger partial charge in [-0.2, -0.15) is 8.42 Å². The Morgan fingerprint density at radius 1 is 1.07 bits per heavy atom. The van der Waals surface area contributed by atoms with Crippen LogP contribution in [0.25, 0.3) is 0 Å². The van der Waals surface area contributed by atoms with Gasteiger partial charge in [0.05, 0.1) is 0 Å². The van der Waals surface area contributed by atoms with E-state index in [1.807, 2.05) is 0 Å². The highest BCUT2D eigenvalue weighted by atomic mass is 32.2. The average molecular weight is 236 g/mol. The Bertz CT molecular complexity index is 238. The van der Waals surface area contributed by atoms with E-state index in [0.717, 1.165) is 18.8 Å². The highest BCUT2D eigenvalue weighted by Crippen LogP contribution is 2.08. The van der Waals surface area contributed by atoms with Gasteiger partial charge in [0.15, 0.2) is 0 Å². The average Bonchev–Trinajstić information content (AvgIpc) is 2.16. The van der Waals surface area contributed by atoms with Gasteiger partial charge >= 0.3 is 0 Å². The largest absolute Gasteiger partial charge is 0.276 e. The van der Waals surface area contributed by atoms with Gasteiger partial charge in [-0.05, 0) is 12.3 Å². The first-order chi connectivity index (χ1) is 6.98. The first kappa shape index (κ1) is 14.9. The van der Waals surface area contributed by atoms with Crippen molar-refractivity contribution in [2.24, 2.45) is 5.92 Å². The predicted molar refractivity (Wildman–Crippen MR) is 63.9 cm³/mol. The van der Waals surface area contributed by atoms with Crippen LogP contribution in [0.4, 0.5) is 0 Å². The summed E-state index contributed by atoms with van der Waals surface area (Å²) < 4.78 is 26.6. The molecule has 92 valence electrons. The molecule has 0 saturated heterocycles. The van der Waals surface area contributed by atoms with E-state index in [1.165, 1.54) is 26.3 Å². The Labute approximate surface area is 94.0 Å². The SMILES string of the molecule is CNS(=O)(=O)NCCCCCCC(C)C. The van der Waals surface area contributed by atoms with Gasteiger partial charge in [0, 0.05) is 13.6 Å². The van der Waals surface area contributed by atoms with Gasteiger partial charge in [0.1, 0.15) is 0 Å². The molecule has 0 spiro atoms. The van der Waals surface area contributed by atoms with Crippen molar-refractivity contribution in [3.63, 3.8) is 0 Å². The highest BCUT2D eigenvalue weighted by Gasteiger charge is 2.03. The predicted octanol–water partition coefficient (Wildman–Crippen LogP) is 1.65. The molecular weight excluding hydrogens is 212 g/mol. The van der Waals surface area contributed by atoms with Crippen molar-refractivity contribution >= 4 is 10.2 Å². The monoisotopic (exact) mass is 236 g/mol. The molecule has 15 heavy (non-hydrogen) atoms. The van der Waals surface area contributed by atoms with Crippen LogP contribution < -0.4 is 9.44 Å². The molecule has 0 aliphatic heterocycles. The zero-order chi connectivity index (χ0) is 11.7. The second-order valence-electron chi connectivity index (χ2n) is 4.20. The second kappa shape index (κ2) is 8.07. The summed E-state index contributed by atoms with van der Waals surface area (Å²) in [7, 11) is -1.82. The minimum atomic E-state index is -3.23. The van der Waals surface area contributed by atoms with Gasteiger partial charge in [0.2, 0.25) is 0 Å². The Hall–Kier alpha value is -0.130. The molecule has 0 saturated carbocycles. The van der Waals surface area contributed by atoms with Crippen LogP contribution in [0, 0.1) is 5.92 Å². The second-order valence-corrected chi connectivity index (χ2v) is 5.90.